The third-order valence-electron chi connectivity index (χ3n) is 3.25. The Labute approximate surface area is 140 Å². The Kier molecular flexibility index (Phi) is 6.16. The molecular formula is C18H20BrNO2. The highest BCUT2D eigenvalue weighted by atomic mass is 79.9. The fourth-order valence-electron chi connectivity index (χ4n) is 2.27. The van der Waals surface area contributed by atoms with Gasteiger partial charge in [0.15, 0.2) is 0 Å². The van der Waals surface area contributed by atoms with Gasteiger partial charge in [0.1, 0.15) is 6.10 Å². The molecule has 0 bridgehead atoms. The topological polar surface area (TPSA) is 29.5 Å². The lowest BCUT2D eigenvalue weighted by Crippen LogP contribution is -2.30. The number of carbonyl (C=O) groups is 1. The molecule has 0 amide bonds. The monoisotopic (exact) mass is 361 g/mol. The van der Waals surface area contributed by atoms with Gasteiger partial charge in [0.25, 0.3) is 0 Å². The second-order valence-corrected chi connectivity index (χ2v) is 6.32. The molecule has 0 heterocycles. The van der Waals surface area contributed by atoms with E-state index in [9.17, 15) is 4.79 Å². The van der Waals surface area contributed by atoms with Crippen molar-refractivity contribution in [1.29, 1.82) is 0 Å². The summed E-state index contributed by atoms with van der Waals surface area (Å²) >= 11 is 3.35. The molecule has 0 saturated carbocycles. The first kappa shape index (κ1) is 16.7. The Morgan fingerprint density at radius 3 is 2.41 bits per heavy atom. The SMILES string of the molecule is CC(CN(C)Cc1ccccc1)OC(=O)c1ccc(Br)cc1. The van der Waals surface area contributed by atoms with Crippen molar-refractivity contribution in [1.82, 2.24) is 4.90 Å². The minimum Gasteiger partial charge on any atom is -0.458 e. The number of esters is 1. The molecule has 0 spiro atoms. The van der Waals surface area contributed by atoms with Crippen molar-refractivity contribution in [2.24, 2.45) is 0 Å². The van der Waals surface area contributed by atoms with Gasteiger partial charge in [-0.1, -0.05) is 46.3 Å². The summed E-state index contributed by atoms with van der Waals surface area (Å²) in [4.78, 5) is 14.2. The van der Waals surface area contributed by atoms with Gasteiger partial charge in [0.05, 0.1) is 5.56 Å². The summed E-state index contributed by atoms with van der Waals surface area (Å²) < 4.78 is 6.43. The molecule has 3 nitrogen and oxygen atoms in total. The van der Waals surface area contributed by atoms with Crippen molar-refractivity contribution in [2.45, 2.75) is 19.6 Å². The van der Waals surface area contributed by atoms with Crippen molar-refractivity contribution >= 4 is 21.9 Å². The van der Waals surface area contributed by atoms with Gasteiger partial charge in [-0.05, 0) is 43.8 Å². The zero-order valence-corrected chi connectivity index (χ0v) is 14.4. The highest BCUT2D eigenvalue weighted by molar-refractivity contribution is 9.10. The largest absolute Gasteiger partial charge is 0.458 e. The molecule has 0 saturated heterocycles. The van der Waals surface area contributed by atoms with E-state index in [0.29, 0.717) is 12.1 Å². The quantitative estimate of drug-likeness (QED) is 0.724. The summed E-state index contributed by atoms with van der Waals surface area (Å²) in [5.41, 5.74) is 1.82. The predicted octanol–water partition coefficient (Wildman–Crippen LogP) is 4.13. The molecule has 2 rings (SSSR count). The van der Waals surface area contributed by atoms with E-state index in [1.807, 2.05) is 44.3 Å². The Morgan fingerprint density at radius 1 is 1.14 bits per heavy atom. The number of ether oxygens (including phenoxy) is 1. The molecule has 2 aromatic carbocycles. The lowest BCUT2D eigenvalue weighted by Gasteiger charge is -2.21. The average Bonchev–Trinajstić information content (AvgIpc) is 2.48. The lowest BCUT2D eigenvalue weighted by atomic mass is 10.2. The molecule has 0 aliphatic heterocycles. The molecule has 0 aliphatic carbocycles. The zero-order chi connectivity index (χ0) is 15.9. The highest BCUT2D eigenvalue weighted by Crippen LogP contribution is 2.12. The molecule has 0 fully saturated rings. The van der Waals surface area contributed by atoms with Crippen molar-refractivity contribution in [3.05, 3.63) is 70.2 Å². The number of benzene rings is 2. The van der Waals surface area contributed by atoms with Crippen molar-refractivity contribution in [3.63, 3.8) is 0 Å². The van der Waals surface area contributed by atoms with Gasteiger partial charge in [-0.2, -0.15) is 0 Å². The molecular weight excluding hydrogens is 342 g/mol. The summed E-state index contributed by atoms with van der Waals surface area (Å²) in [5, 5.41) is 0. The van der Waals surface area contributed by atoms with E-state index in [4.69, 9.17) is 4.74 Å². The van der Waals surface area contributed by atoms with Crippen molar-refractivity contribution in [2.75, 3.05) is 13.6 Å². The summed E-state index contributed by atoms with van der Waals surface area (Å²) in [6.45, 7) is 3.44. The van der Waals surface area contributed by atoms with Crippen LogP contribution in [0.2, 0.25) is 0 Å². The van der Waals surface area contributed by atoms with Crippen LogP contribution in [0, 0.1) is 0 Å². The van der Waals surface area contributed by atoms with Crippen LogP contribution >= 0.6 is 15.9 Å². The van der Waals surface area contributed by atoms with E-state index < -0.39 is 0 Å². The van der Waals surface area contributed by atoms with Gasteiger partial charge >= 0.3 is 5.97 Å². The number of nitrogens with zero attached hydrogens (tertiary/aromatic N) is 1. The summed E-state index contributed by atoms with van der Waals surface area (Å²) in [6.07, 6.45) is -0.162. The summed E-state index contributed by atoms with van der Waals surface area (Å²) in [6, 6.07) is 17.4. The number of halogens is 1. The molecule has 0 radical (unpaired) electrons. The van der Waals surface area contributed by atoms with Crippen LogP contribution in [0.5, 0.6) is 0 Å². The number of rotatable bonds is 6. The van der Waals surface area contributed by atoms with Gasteiger partial charge in [-0.15, -0.1) is 0 Å². The third kappa shape index (κ3) is 5.28. The van der Waals surface area contributed by atoms with E-state index in [-0.39, 0.29) is 12.1 Å². The molecule has 0 N–H and O–H groups in total. The Morgan fingerprint density at radius 2 is 1.77 bits per heavy atom. The van der Waals surface area contributed by atoms with Crippen molar-refractivity contribution < 1.29 is 9.53 Å². The van der Waals surface area contributed by atoms with Crippen molar-refractivity contribution in [3.8, 4) is 0 Å². The fourth-order valence-corrected chi connectivity index (χ4v) is 2.54. The fraction of sp³-hybridized carbons (Fsp3) is 0.278. The number of likely N-dealkylation sites (N-methyl/N-ethyl adjacent to an activating group) is 1. The second-order valence-electron chi connectivity index (χ2n) is 5.41. The Balaban J connectivity index is 1.83. The smallest absolute Gasteiger partial charge is 0.338 e. The van der Waals surface area contributed by atoms with E-state index in [0.717, 1.165) is 11.0 Å². The molecule has 0 aliphatic rings. The van der Waals surface area contributed by atoms with Crippen LogP contribution < -0.4 is 0 Å². The minimum absolute atomic E-state index is 0.162. The van der Waals surface area contributed by atoms with Crippen LogP contribution in [-0.2, 0) is 11.3 Å². The molecule has 0 aromatic heterocycles. The molecule has 2 aromatic rings. The Hall–Kier alpha value is -1.65. The van der Waals surface area contributed by atoms with E-state index >= 15 is 0 Å². The van der Waals surface area contributed by atoms with Crippen LogP contribution in [0.25, 0.3) is 0 Å². The van der Waals surface area contributed by atoms with Crippen LogP contribution in [0.1, 0.15) is 22.8 Å². The van der Waals surface area contributed by atoms with E-state index in [1.165, 1.54) is 5.56 Å². The summed E-state index contributed by atoms with van der Waals surface area (Å²) in [5.74, 6) is -0.284. The first-order chi connectivity index (χ1) is 10.5. The normalized spacial score (nSPS) is 12.2. The first-order valence-electron chi connectivity index (χ1n) is 7.23. The van der Waals surface area contributed by atoms with Gasteiger partial charge in [-0.25, -0.2) is 4.79 Å². The third-order valence-corrected chi connectivity index (χ3v) is 3.78. The zero-order valence-electron chi connectivity index (χ0n) is 12.8. The van der Waals surface area contributed by atoms with Gasteiger partial charge in [-0.3, -0.25) is 4.90 Å². The Bertz CT molecular complexity index is 598. The van der Waals surface area contributed by atoms with Crippen LogP contribution in [0.15, 0.2) is 59.1 Å². The maximum absolute atomic E-state index is 12.1. The molecule has 4 heteroatoms. The van der Waals surface area contributed by atoms with Gasteiger partial charge in [0.2, 0.25) is 0 Å². The minimum atomic E-state index is -0.284. The van der Waals surface area contributed by atoms with E-state index in [2.05, 4.69) is 33.0 Å². The molecule has 116 valence electrons. The average molecular weight is 362 g/mol. The number of carbonyl (C=O) groups excluding carboxylic acids is 1. The maximum Gasteiger partial charge on any atom is 0.338 e. The van der Waals surface area contributed by atoms with Gasteiger partial charge < -0.3 is 4.74 Å². The van der Waals surface area contributed by atoms with Gasteiger partial charge in [0, 0.05) is 17.6 Å². The standard InChI is InChI=1S/C18H20BrNO2/c1-14(12-20(2)13-15-6-4-3-5-7-15)22-18(21)16-8-10-17(19)11-9-16/h3-11,14H,12-13H2,1-2H3. The maximum atomic E-state index is 12.1. The number of hydrogen-bond donors (Lipinski definition) is 0. The lowest BCUT2D eigenvalue weighted by molar-refractivity contribution is 0.0268. The molecule has 22 heavy (non-hydrogen) atoms. The van der Waals surface area contributed by atoms with Crippen LogP contribution in [0.4, 0.5) is 0 Å². The highest BCUT2D eigenvalue weighted by Gasteiger charge is 2.13. The number of hydrogen-bond acceptors (Lipinski definition) is 3. The van der Waals surface area contributed by atoms with Crippen LogP contribution in [-0.4, -0.2) is 30.6 Å². The molecule has 1 atom stereocenters. The predicted molar refractivity (Wildman–Crippen MR) is 91.8 cm³/mol. The molecule has 1 unspecified atom stereocenters. The first-order valence-corrected chi connectivity index (χ1v) is 8.03. The second kappa shape index (κ2) is 8.11. The summed E-state index contributed by atoms with van der Waals surface area (Å²) in [7, 11) is 2.02. The van der Waals surface area contributed by atoms with Crippen LogP contribution in [0.3, 0.4) is 0 Å². The van der Waals surface area contributed by atoms with E-state index in [1.54, 1.807) is 12.1 Å².